The van der Waals surface area contributed by atoms with E-state index in [2.05, 4.69) is 12.6 Å². The molecule has 0 aliphatic heterocycles. The van der Waals surface area contributed by atoms with Crippen LogP contribution >= 0.6 is 12.6 Å². The monoisotopic (exact) mass is 243 g/mol. The number of hydrogen-bond donors (Lipinski definition) is 1. The molecule has 92 valence electrons. The molecule has 0 spiro atoms. The van der Waals surface area contributed by atoms with E-state index in [4.69, 9.17) is 0 Å². The highest BCUT2D eigenvalue weighted by Gasteiger charge is 2.29. The molecule has 0 saturated carbocycles. The van der Waals surface area contributed by atoms with Crippen LogP contribution in [0.15, 0.2) is 0 Å². The van der Waals surface area contributed by atoms with E-state index in [0.717, 1.165) is 31.4 Å². The Balaban J connectivity index is 3.73. The lowest BCUT2D eigenvalue weighted by Gasteiger charge is -2.22. The molecule has 0 heterocycles. The van der Waals surface area contributed by atoms with Crippen molar-refractivity contribution in [2.75, 3.05) is 25.4 Å². The largest absolute Gasteiger partial charge is 0.401 e. The summed E-state index contributed by atoms with van der Waals surface area (Å²) in [5.74, 6) is 0.813. The predicted molar refractivity (Wildman–Crippen MR) is 60.5 cm³/mol. The first-order valence-electron chi connectivity index (χ1n) is 5.39. The number of rotatable bonds is 8. The highest BCUT2D eigenvalue weighted by Crippen LogP contribution is 2.17. The van der Waals surface area contributed by atoms with Crippen LogP contribution in [-0.2, 0) is 0 Å². The summed E-state index contributed by atoms with van der Waals surface area (Å²) in [5, 5.41) is 0. The molecular weight excluding hydrogens is 223 g/mol. The zero-order valence-electron chi connectivity index (χ0n) is 9.19. The van der Waals surface area contributed by atoms with Crippen molar-refractivity contribution in [1.82, 2.24) is 4.90 Å². The lowest BCUT2D eigenvalue weighted by molar-refractivity contribution is -0.146. The molecule has 0 saturated heterocycles. The lowest BCUT2D eigenvalue weighted by Crippen LogP contribution is -2.35. The molecule has 0 unspecified atom stereocenters. The topological polar surface area (TPSA) is 3.24 Å². The van der Waals surface area contributed by atoms with Gasteiger partial charge in [0.15, 0.2) is 0 Å². The summed E-state index contributed by atoms with van der Waals surface area (Å²) in [7, 11) is 0. The molecule has 0 amide bonds. The third-order valence-corrected chi connectivity index (χ3v) is 2.39. The Kier molecular flexibility index (Phi) is 8.33. The van der Waals surface area contributed by atoms with Crippen molar-refractivity contribution in [3.05, 3.63) is 0 Å². The molecule has 0 N–H and O–H groups in total. The smallest absolute Gasteiger partial charge is 0.295 e. The maximum Gasteiger partial charge on any atom is 0.401 e. The first-order valence-corrected chi connectivity index (χ1v) is 6.02. The van der Waals surface area contributed by atoms with E-state index in [-0.39, 0.29) is 0 Å². The minimum absolute atomic E-state index is 0.528. The fraction of sp³-hybridized carbons (Fsp3) is 1.00. The van der Waals surface area contributed by atoms with Crippen molar-refractivity contribution in [2.45, 2.75) is 38.8 Å². The Morgan fingerprint density at radius 3 is 2.20 bits per heavy atom. The average Bonchev–Trinajstić information content (AvgIpc) is 2.10. The molecule has 1 nitrogen and oxygen atoms in total. The van der Waals surface area contributed by atoms with Gasteiger partial charge in [-0.15, -0.1) is 0 Å². The first-order chi connectivity index (χ1) is 6.99. The van der Waals surface area contributed by atoms with E-state index < -0.39 is 12.7 Å². The second kappa shape index (κ2) is 8.28. The van der Waals surface area contributed by atoms with Crippen LogP contribution in [0.4, 0.5) is 13.2 Å². The fourth-order valence-corrected chi connectivity index (χ4v) is 1.69. The zero-order chi connectivity index (χ0) is 11.7. The minimum atomic E-state index is -4.07. The molecule has 0 rings (SSSR count). The average molecular weight is 243 g/mol. The van der Waals surface area contributed by atoms with E-state index >= 15 is 0 Å². The Bertz CT molecular complexity index is 150. The van der Waals surface area contributed by atoms with Crippen molar-refractivity contribution in [3.8, 4) is 0 Å². The summed E-state index contributed by atoms with van der Waals surface area (Å²) >= 11 is 4.06. The van der Waals surface area contributed by atoms with Crippen LogP contribution in [0.5, 0.6) is 0 Å². The maximum atomic E-state index is 12.2. The van der Waals surface area contributed by atoms with Crippen molar-refractivity contribution in [1.29, 1.82) is 0 Å². The molecule has 0 bridgehead atoms. The van der Waals surface area contributed by atoms with Gasteiger partial charge < -0.3 is 0 Å². The second-order valence-electron chi connectivity index (χ2n) is 3.68. The third kappa shape index (κ3) is 10.4. The number of halogens is 3. The number of unbranched alkanes of at least 4 members (excludes halogenated alkanes) is 2. The van der Waals surface area contributed by atoms with E-state index in [9.17, 15) is 13.2 Å². The normalized spacial score (nSPS) is 12.4. The van der Waals surface area contributed by atoms with E-state index in [1.54, 1.807) is 0 Å². The fourth-order valence-electron chi connectivity index (χ4n) is 1.46. The molecule has 0 fully saturated rings. The predicted octanol–water partition coefficient (Wildman–Crippen LogP) is 3.36. The third-order valence-electron chi connectivity index (χ3n) is 2.08. The number of alkyl halides is 3. The Morgan fingerprint density at radius 2 is 1.73 bits per heavy atom. The molecule has 0 aliphatic rings. The van der Waals surface area contributed by atoms with Gasteiger partial charge in [0.1, 0.15) is 0 Å². The van der Waals surface area contributed by atoms with Gasteiger partial charge in [-0.05, 0) is 38.1 Å². The van der Waals surface area contributed by atoms with Gasteiger partial charge in [0.25, 0.3) is 0 Å². The molecule has 15 heavy (non-hydrogen) atoms. The molecule has 0 atom stereocenters. The Labute approximate surface area is 95.4 Å². The Hall–Kier alpha value is 0.100. The number of nitrogens with zero attached hydrogens (tertiary/aromatic N) is 1. The van der Waals surface area contributed by atoms with Gasteiger partial charge in [0.05, 0.1) is 6.54 Å². The van der Waals surface area contributed by atoms with Crippen LogP contribution in [-0.4, -0.2) is 36.5 Å². The quantitative estimate of drug-likeness (QED) is 0.505. The SMILES string of the molecule is CCCN(CCCCCS)CC(F)(F)F. The van der Waals surface area contributed by atoms with Gasteiger partial charge in [-0.25, -0.2) is 0 Å². The second-order valence-corrected chi connectivity index (χ2v) is 4.12. The van der Waals surface area contributed by atoms with Crippen LogP contribution in [0, 0.1) is 0 Å². The van der Waals surface area contributed by atoms with Gasteiger partial charge in [-0.1, -0.05) is 13.3 Å². The van der Waals surface area contributed by atoms with E-state index in [1.165, 1.54) is 4.90 Å². The summed E-state index contributed by atoms with van der Waals surface area (Å²) in [6, 6.07) is 0. The van der Waals surface area contributed by atoms with Gasteiger partial charge in [0, 0.05) is 0 Å². The van der Waals surface area contributed by atoms with E-state index in [0.29, 0.717) is 13.1 Å². The molecule has 0 radical (unpaired) electrons. The van der Waals surface area contributed by atoms with E-state index in [1.807, 2.05) is 6.92 Å². The summed E-state index contributed by atoms with van der Waals surface area (Å²) in [6.07, 6.45) is -0.533. The molecule has 0 aromatic heterocycles. The van der Waals surface area contributed by atoms with Crippen LogP contribution in [0.2, 0.25) is 0 Å². The number of thiol groups is 1. The van der Waals surface area contributed by atoms with Crippen molar-refractivity contribution in [2.24, 2.45) is 0 Å². The van der Waals surface area contributed by atoms with Crippen LogP contribution in [0.25, 0.3) is 0 Å². The summed E-state index contributed by atoms with van der Waals surface area (Å²) in [5.41, 5.74) is 0. The highest BCUT2D eigenvalue weighted by molar-refractivity contribution is 7.80. The first kappa shape index (κ1) is 15.1. The van der Waals surface area contributed by atoms with Crippen molar-refractivity contribution in [3.63, 3.8) is 0 Å². The summed E-state index contributed by atoms with van der Waals surface area (Å²) in [6.45, 7) is 2.19. The molecular formula is C10H20F3NS. The van der Waals surface area contributed by atoms with Crippen LogP contribution in [0.3, 0.4) is 0 Å². The molecule has 0 aromatic rings. The van der Waals surface area contributed by atoms with Gasteiger partial charge >= 0.3 is 6.18 Å². The van der Waals surface area contributed by atoms with Crippen LogP contribution in [0.1, 0.15) is 32.6 Å². The lowest BCUT2D eigenvalue weighted by atomic mass is 10.2. The standard InChI is InChI=1S/C10H20F3NS/c1-2-6-14(9-10(11,12)13)7-4-3-5-8-15/h15H,2-9H2,1H3. The van der Waals surface area contributed by atoms with Gasteiger partial charge in [-0.2, -0.15) is 25.8 Å². The summed E-state index contributed by atoms with van der Waals surface area (Å²) in [4.78, 5) is 1.48. The minimum Gasteiger partial charge on any atom is -0.295 e. The van der Waals surface area contributed by atoms with Gasteiger partial charge in [0.2, 0.25) is 0 Å². The highest BCUT2D eigenvalue weighted by atomic mass is 32.1. The van der Waals surface area contributed by atoms with Crippen molar-refractivity contribution < 1.29 is 13.2 Å². The number of hydrogen-bond acceptors (Lipinski definition) is 2. The molecule has 5 heteroatoms. The maximum absolute atomic E-state index is 12.2. The Morgan fingerprint density at radius 1 is 1.07 bits per heavy atom. The van der Waals surface area contributed by atoms with Gasteiger partial charge in [-0.3, -0.25) is 4.90 Å². The zero-order valence-corrected chi connectivity index (χ0v) is 10.1. The van der Waals surface area contributed by atoms with Crippen molar-refractivity contribution >= 4 is 12.6 Å². The molecule has 0 aromatic carbocycles. The van der Waals surface area contributed by atoms with Crippen LogP contribution < -0.4 is 0 Å². The molecule has 0 aliphatic carbocycles. The summed E-state index contributed by atoms with van der Waals surface area (Å²) < 4.78 is 36.5.